The van der Waals surface area contributed by atoms with E-state index in [0.29, 0.717) is 6.54 Å². The topological polar surface area (TPSA) is 20.3 Å². The van der Waals surface area contributed by atoms with Gasteiger partial charge in [0.15, 0.2) is 0 Å². The molecule has 0 bridgehead atoms. The molecule has 2 aromatic rings. The van der Waals surface area contributed by atoms with Crippen molar-refractivity contribution in [3.63, 3.8) is 0 Å². The molecule has 1 amide bonds. The second-order valence-electron chi connectivity index (χ2n) is 4.61. The van der Waals surface area contributed by atoms with Gasteiger partial charge in [0, 0.05) is 17.5 Å². The first-order valence-electron chi connectivity index (χ1n) is 6.05. The molecule has 0 saturated carbocycles. The predicted octanol–water partition coefficient (Wildman–Crippen LogP) is 4.40. The van der Waals surface area contributed by atoms with E-state index in [4.69, 9.17) is 0 Å². The summed E-state index contributed by atoms with van der Waals surface area (Å²) in [5.41, 5.74) is 3.00. The van der Waals surface area contributed by atoms with Crippen LogP contribution in [0.4, 0.5) is 0 Å². The van der Waals surface area contributed by atoms with Gasteiger partial charge in [-0.05, 0) is 59.1 Å². The molecule has 0 aliphatic carbocycles. The number of thiophene rings is 1. The minimum absolute atomic E-state index is 0.0747. The van der Waals surface area contributed by atoms with Crippen LogP contribution in [0.15, 0.2) is 34.1 Å². The summed E-state index contributed by atoms with van der Waals surface area (Å²) in [6.07, 6.45) is 0. The van der Waals surface area contributed by atoms with E-state index in [0.717, 1.165) is 20.5 Å². The predicted molar refractivity (Wildman–Crippen MR) is 83.7 cm³/mol. The smallest absolute Gasteiger partial charge is 0.254 e. The van der Waals surface area contributed by atoms with Crippen LogP contribution < -0.4 is 0 Å². The molecular weight excluding hydrogens is 322 g/mol. The quantitative estimate of drug-likeness (QED) is 0.812. The van der Waals surface area contributed by atoms with Gasteiger partial charge in [-0.3, -0.25) is 4.79 Å². The summed E-state index contributed by atoms with van der Waals surface area (Å²) < 4.78 is 1.09. The van der Waals surface area contributed by atoms with Crippen LogP contribution in [0.2, 0.25) is 0 Å². The van der Waals surface area contributed by atoms with E-state index >= 15 is 0 Å². The Morgan fingerprint density at radius 1 is 1.26 bits per heavy atom. The van der Waals surface area contributed by atoms with E-state index in [1.807, 2.05) is 51.2 Å². The highest BCUT2D eigenvalue weighted by Crippen LogP contribution is 2.24. The van der Waals surface area contributed by atoms with Crippen LogP contribution in [0.3, 0.4) is 0 Å². The molecule has 4 heteroatoms. The number of rotatable bonds is 3. The molecule has 0 radical (unpaired) electrons. The molecule has 0 spiro atoms. The lowest BCUT2D eigenvalue weighted by Crippen LogP contribution is -2.26. The van der Waals surface area contributed by atoms with Crippen LogP contribution in [-0.4, -0.2) is 17.9 Å². The van der Waals surface area contributed by atoms with Crippen LogP contribution in [-0.2, 0) is 6.54 Å². The van der Waals surface area contributed by atoms with Gasteiger partial charge in [-0.2, -0.15) is 0 Å². The number of amides is 1. The molecule has 19 heavy (non-hydrogen) atoms. The van der Waals surface area contributed by atoms with E-state index < -0.39 is 0 Å². The highest BCUT2D eigenvalue weighted by atomic mass is 79.9. The van der Waals surface area contributed by atoms with E-state index in [1.54, 1.807) is 16.2 Å². The van der Waals surface area contributed by atoms with Crippen molar-refractivity contribution in [3.8, 4) is 0 Å². The largest absolute Gasteiger partial charge is 0.337 e. The summed E-state index contributed by atoms with van der Waals surface area (Å²) in [5, 5.41) is 0. The molecule has 1 heterocycles. The van der Waals surface area contributed by atoms with Gasteiger partial charge < -0.3 is 4.90 Å². The Morgan fingerprint density at radius 2 is 2.00 bits per heavy atom. The molecule has 0 aliphatic rings. The number of hydrogen-bond acceptors (Lipinski definition) is 2. The first-order chi connectivity index (χ1) is 8.99. The molecule has 0 N–H and O–H groups in total. The fourth-order valence-electron chi connectivity index (χ4n) is 1.93. The highest BCUT2D eigenvalue weighted by Gasteiger charge is 2.15. The van der Waals surface area contributed by atoms with Gasteiger partial charge in [-0.25, -0.2) is 0 Å². The van der Waals surface area contributed by atoms with Crippen LogP contribution >= 0.6 is 27.3 Å². The van der Waals surface area contributed by atoms with Gasteiger partial charge in [-0.15, -0.1) is 11.3 Å². The van der Waals surface area contributed by atoms with Crippen molar-refractivity contribution in [2.45, 2.75) is 20.4 Å². The van der Waals surface area contributed by atoms with Crippen molar-refractivity contribution in [1.82, 2.24) is 4.90 Å². The molecule has 1 aromatic heterocycles. The van der Waals surface area contributed by atoms with Gasteiger partial charge in [0.25, 0.3) is 5.91 Å². The second-order valence-corrected chi connectivity index (χ2v) is 7.16. The molecule has 0 unspecified atom stereocenters. The van der Waals surface area contributed by atoms with Crippen LogP contribution in [0.1, 0.15) is 26.4 Å². The number of hydrogen-bond donors (Lipinski definition) is 0. The third-order valence-electron chi connectivity index (χ3n) is 3.20. The number of carbonyl (C=O) groups excluding carboxylic acids is 1. The molecule has 0 aliphatic heterocycles. The molecule has 0 fully saturated rings. The van der Waals surface area contributed by atoms with Crippen molar-refractivity contribution in [1.29, 1.82) is 0 Å². The zero-order chi connectivity index (χ0) is 14.0. The Morgan fingerprint density at radius 3 is 2.63 bits per heavy atom. The van der Waals surface area contributed by atoms with Gasteiger partial charge in [0.1, 0.15) is 0 Å². The molecular formula is C15H16BrNOS. The number of halogens is 1. The minimum Gasteiger partial charge on any atom is -0.337 e. The lowest BCUT2D eigenvalue weighted by molar-refractivity contribution is 0.0785. The van der Waals surface area contributed by atoms with Crippen molar-refractivity contribution >= 4 is 33.2 Å². The number of benzene rings is 1. The van der Waals surface area contributed by atoms with Crippen molar-refractivity contribution in [3.05, 3.63) is 55.7 Å². The Balaban J connectivity index is 2.17. The number of nitrogens with zero attached hydrogens (tertiary/aromatic N) is 1. The second kappa shape index (κ2) is 5.88. The van der Waals surface area contributed by atoms with Gasteiger partial charge in [0.05, 0.1) is 10.3 Å². The average molecular weight is 338 g/mol. The average Bonchev–Trinajstić information content (AvgIpc) is 2.77. The maximum absolute atomic E-state index is 12.4. The Kier molecular flexibility index (Phi) is 4.42. The van der Waals surface area contributed by atoms with Crippen LogP contribution in [0, 0.1) is 13.8 Å². The van der Waals surface area contributed by atoms with Gasteiger partial charge in [-0.1, -0.05) is 12.1 Å². The number of carbonyl (C=O) groups is 1. The molecule has 0 atom stereocenters. The zero-order valence-corrected chi connectivity index (χ0v) is 13.6. The summed E-state index contributed by atoms with van der Waals surface area (Å²) in [7, 11) is 1.84. The standard InChI is InChI=1S/C15H16BrNOS/c1-10-5-4-6-13(11(10)2)15(18)17(3)9-12-7-8-14(16)19-12/h4-8H,9H2,1-3H3. The lowest BCUT2D eigenvalue weighted by atomic mass is 10.0. The van der Waals surface area contributed by atoms with E-state index in [2.05, 4.69) is 15.9 Å². The third kappa shape index (κ3) is 3.25. The molecule has 100 valence electrons. The van der Waals surface area contributed by atoms with Gasteiger partial charge in [0.2, 0.25) is 0 Å². The first kappa shape index (κ1) is 14.3. The van der Waals surface area contributed by atoms with Crippen molar-refractivity contribution < 1.29 is 4.79 Å². The van der Waals surface area contributed by atoms with Crippen LogP contribution in [0.25, 0.3) is 0 Å². The zero-order valence-electron chi connectivity index (χ0n) is 11.2. The van der Waals surface area contributed by atoms with Gasteiger partial charge >= 0.3 is 0 Å². The van der Waals surface area contributed by atoms with Crippen molar-refractivity contribution in [2.75, 3.05) is 7.05 Å². The highest BCUT2D eigenvalue weighted by molar-refractivity contribution is 9.11. The van der Waals surface area contributed by atoms with E-state index in [1.165, 1.54) is 4.88 Å². The Hall–Kier alpha value is -1.13. The lowest BCUT2D eigenvalue weighted by Gasteiger charge is -2.18. The van der Waals surface area contributed by atoms with Crippen molar-refractivity contribution in [2.24, 2.45) is 0 Å². The fraction of sp³-hybridized carbons (Fsp3) is 0.267. The number of aryl methyl sites for hydroxylation is 1. The minimum atomic E-state index is 0.0747. The molecule has 2 nitrogen and oxygen atoms in total. The summed E-state index contributed by atoms with van der Waals surface area (Å²) in [5.74, 6) is 0.0747. The van der Waals surface area contributed by atoms with E-state index in [-0.39, 0.29) is 5.91 Å². The molecule has 0 saturated heterocycles. The summed E-state index contributed by atoms with van der Waals surface area (Å²) in [6, 6.07) is 9.91. The maximum Gasteiger partial charge on any atom is 0.254 e. The maximum atomic E-state index is 12.4. The van der Waals surface area contributed by atoms with E-state index in [9.17, 15) is 4.79 Å². The molecule has 2 rings (SSSR count). The summed E-state index contributed by atoms with van der Waals surface area (Å²) >= 11 is 5.10. The first-order valence-corrected chi connectivity index (χ1v) is 7.66. The Labute approximate surface area is 126 Å². The third-order valence-corrected chi connectivity index (χ3v) is 4.81. The summed E-state index contributed by atoms with van der Waals surface area (Å²) in [6.45, 7) is 4.67. The normalized spacial score (nSPS) is 10.5. The monoisotopic (exact) mass is 337 g/mol. The summed E-state index contributed by atoms with van der Waals surface area (Å²) in [4.78, 5) is 15.4. The fourth-order valence-corrected chi connectivity index (χ4v) is 3.47. The Bertz CT molecular complexity index is 606. The van der Waals surface area contributed by atoms with Crippen LogP contribution in [0.5, 0.6) is 0 Å². The SMILES string of the molecule is Cc1cccc(C(=O)N(C)Cc2ccc(Br)s2)c1C. The molecule has 1 aromatic carbocycles.